The minimum atomic E-state index is -0.872. The Morgan fingerprint density at radius 3 is 2.41 bits per heavy atom. The van der Waals surface area contributed by atoms with Gasteiger partial charge in [0.1, 0.15) is 0 Å². The highest BCUT2D eigenvalue weighted by Gasteiger charge is 2.52. The largest absolute Gasteiger partial charge is 0.478 e. The van der Waals surface area contributed by atoms with E-state index >= 15 is 0 Å². The van der Waals surface area contributed by atoms with E-state index in [1.807, 2.05) is 12.1 Å². The van der Waals surface area contributed by atoms with Gasteiger partial charge in [-0.1, -0.05) is 32.0 Å². The number of carboxylic acids is 1. The summed E-state index contributed by atoms with van der Waals surface area (Å²) >= 11 is 0. The fraction of sp³-hybridized carbons (Fsp3) is 0.458. The maximum Gasteiger partial charge on any atom is 0.335 e. The fourth-order valence-electron chi connectivity index (χ4n) is 5.19. The molecule has 0 aromatic heterocycles. The van der Waals surface area contributed by atoms with Crippen LogP contribution >= 0.6 is 0 Å². The highest BCUT2D eigenvalue weighted by Crippen LogP contribution is 2.60. The van der Waals surface area contributed by atoms with E-state index in [0.717, 1.165) is 18.5 Å². The minimum Gasteiger partial charge on any atom is -0.478 e. The lowest BCUT2D eigenvalue weighted by atomic mass is 9.60. The van der Waals surface area contributed by atoms with Crippen LogP contribution in [0.15, 0.2) is 30.3 Å². The van der Waals surface area contributed by atoms with Gasteiger partial charge in [0.05, 0.1) is 11.1 Å². The van der Waals surface area contributed by atoms with E-state index in [9.17, 15) is 4.79 Å². The van der Waals surface area contributed by atoms with E-state index in [1.54, 1.807) is 17.7 Å². The Kier molecular flexibility index (Phi) is 3.92. The van der Waals surface area contributed by atoms with E-state index < -0.39 is 5.97 Å². The van der Waals surface area contributed by atoms with Gasteiger partial charge in [-0.25, -0.2) is 4.79 Å². The second-order valence-electron chi connectivity index (χ2n) is 9.01. The first-order chi connectivity index (χ1) is 12.7. The van der Waals surface area contributed by atoms with Crippen LogP contribution in [0.5, 0.6) is 0 Å². The number of hydrogen-bond donors (Lipinski definition) is 1. The van der Waals surface area contributed by atoms with Gasteiger partial charge in [0, 0.05) is 17.8 Å². The monoisotopic (exact) mass is 363 g/mol. The zero-order chi connectivity index (χ0) is 19.6. The molecule has 142 valence electrons. The van der Waals surface area contributed by atoms with E-state index in [0.29, 0.717) is 5.56 Å². The van der Waals surface area contributed by atoms with Gasteiger partial charge in [-0.05, 0) is 79.8 Å². The molecule has 1 unspecified atom stereocenters. The number of aromatic carboxylic acids is 1. The van der Waals surface area contributed by atoms with Crippen molar-refractivity contribution in [2.45, 2.75) is 64.8 Å². The maximum absolute atomic E-state index is 11.1. The molecule has 2 aromatic rings. The Morgan fingerprint density at radius 2 is 1.81 bits per heavy atom. The summed E-state index contributed by atoms with van der Waals surface area (Å²) in [5, 5.41) is 9.12. The standard InChI is InChI=1S/C24H29NO2/c1-6-25-21-15(2)18(13-16-7-9-17(10-8-16)22(26)27)14-19-20(21)24(25,5)12-11-23(19,3)4/h7-10,14H,6,11-13H2,1-5H3,(H,26,27). The van der Waals surface area contributed by atoms with Crippen LogP contribution in [0.4, 0.5) is 5.69 Å². The Hall–Kier alpha value is -2.29. The topological polar surface area (TPSA) is 40.5 Å². The number of carboxylic acid groups (broad SMARTS) is 1. The normalized spacial score (nSPS) is 22.2. The zero-order valence-corrected chi connectivity index (χ0v) is 17.0. The van der Waals surface area contributed by atoms with Crippen molar-refractivity contribution in [2.24, 2.45) is 0 Å². The summed E-state index contributed by atoms with van der Waals surface area (Å²) in [7, 11) is 0. The van der Waals surface area contributed by atoms with E-state index in [1.165, 1.54) is 35.2 Å². The van der Waals surface area contributed by atoms with Crippen molar-refractivity contribution in [3.63, 3.8) is 0 Å². The fourth-order valence-corrected chi connectivity index (χ4v) is 5.19. The van der Waals surface area contributed by atoms with Crippen LogP contribution in [0, 0.1) is 6.92 Å². The molecule has 0 saturated carbocycles. The van der Waals surface area contributed by atoms with Crippen molar-refractivity contribution in [2.75, 3.05) is 11.4 Å². The van der Waals surface area contributed by atoms with Crippen molar-refractivity contribution in [3.8, 4) is 0 Å². The molecular formula is C24H29NO2. The third-order valence-electron chi connectivity index (χ3n) is 6.94. The molecule has 0 bridgehead atoms. The highest BCUT2D eigenvalue weighted by molar-refractivity contribution is 5.87. The average molecular weight is 364 g/mol. The van der Waals surface area contributed by atoms with Gasteiger partial charge in [-0.15, -0.1) is 0 Å². The molecule has 27 heavy (non-hydrogen) atoms. The van der Waals surface area contributed by atoms with Gasteiger partial charge in [0.2, 0.25) is 0 Å². The molecule has 1 N–H and O–H groups in total. The molecule has 3 heteroatoms. The smallest absolute Gasteiger partial charge is 0.335 e. The van der Waals surface area contributed by atoms with Crippen LogP contribution in [0.1, 0.15) is 78.7 Å². The van der Waals surface area contributed by atoms with Gasteiger partial charge in [0.15, 0.2) is 0 Å². The van der Waals surface area contributed by atoms with E-state index in [4.69, 9.17) is 5.11 Å². The van der Waals surface area contributed by atoms with Gasteiger partial charge in [0.25, 0.3) is 0 Å². The molecule has 0 radical (unpaired) electrons. The Balaban J connectivity index is 1.80. The third kappa shape index (κ3) is 2.51. The Labute approximate surface area is 162 Å². The lowest BCUT2D eigenvalue weighted by molar-refractivity contribution is 0.0697. The zero-order valence-electron chi connectivity index (χ0n) is 17.0. The number of rotatable bonds is 4. The van der Waals surface area contributed by atoms with Gasteiger partial charge >= 0.3 is 5.97 Å². The van der Waals surface area contributed by atoms with Crippen LogP contribution in [0.3, 0.4) is 0 Å². The average Bonchev–Trinajstić information content (AvgIpc) is 2.61. The van der Waals surface area contributed by atoms with Crippen LogP contribution in [-0.4, -0.2) is 17.6 Å². The molecule has 1 aliphatic heterocycles. The van der Waals surface area contributed by atoms with Crippen molar-refractivity contribution < 1.29 is 9.90 Å². The number of benzene rings is 2. The van der Waals surface area contributed by atoms with Crippen LogP contribution in [0.2, 0.25) is 0 Å². The molecule has 4 rings (SSSR count). The van der Waals surface area contributed by atoms with Crippen molar-refractivity contribution in [3.05, 3.63) is 63.7 Å². The first-order valence-electron chi connectivity index (χ1n) is 9.96. The van der Waals surface area contributed by atoms with Crippen LogP contribution in [0.25, 0.3) is 0 Å². The summed E-state index contributed by atoms with van der Waals surface area (Å²) < 4.78 is 0. The molecule has 0 spiro atoms. The predicted octanol–water partition coefficient (Wildman–Crippen LogP) is 5.41. The Morgan fingerprint density at radius 1 is 1.15 bits per heavy atom. The second kappa shape index (κ2) is 5.85. The number of carbonyl (C=O) groups is 1. The molecule has 1 heterocycles. The minimum absolute atomic E-state index is 0.196. The van der Waals surface area contributed by atoms with Crippen LogP contribution in [-0.2, 0) is 17.4 Å². The van der Waals surface area contributed by atoms with Crippen LogP contribution < -0.4 is 4.90 Å². The van der Waals surface area contributed by atoms with Gasteiger partial charge in [-0.3, -0.25) is 0 Å². The molecule has 2 aromatic carbocycles. The number of nitrogens with zero attached hydrogens (tertiary/aromatic N) is 1. The molecule has 0 fully saturated rings. The third-order valence-corrected chi connectivity index (χ3v) is 6.94. The van der Waals surface area contributed by atoms with Gasteiger partial charge < -0.3 is 10.0 Å². The number of hydrogen-bond acceptors (Lipinski definition) is 2. The Bertz CT molecular complexity index is 926. The van der Waals surface area contributed by atoms with Crippen molar-refractivity contribution in [1.82, 2.24) is 0 Å². The molecule has 2 aliphatic rings. The predicted molar refractivity (Wildman–Crippen MR) is 110 cm³/mol. The van der Waals surface area contributed by atoms with E-state index in [-0.39, 0.29) is 11.0 Å². The summed E-state index contributed by atoms with van der Waals surface area (Å²) in [6, 6.07) is 9.74. The quantitative estimate of drug-likeness (QED) is 0.789. The van der Waals surface area contributed by atoms with Crippen molar-refractivity contribution >= 4 is 11.7 Å². The summed E-state index contributed by atoms with van der Waals surface area (Å²) in [5.41, 5.74) is 9.19. The molecule has 0 saturated heterocycles. The summed E-state index contributed by atoms with van der Waals surface area (Å²) in [5.74, 6) is -0.872. The summed E-state index contributed by atoms with van der Waals surface area (Å²) in [6.45, 7) is 12.7. The lowest BCUT2D eigenvalue weighted by Gasteiger charge is -2.60. The molecule has 0 amide bonds. The molecule has 3 nitrogen and oxygen atoms in total. The molecular weight excluding hydrogens is 334 g/mol. The first-order valence-corrected chi connectivity index (χ1v) is 9.96. The number of anilines is 1. The van der Waals surface area contributed by atoms with E-state index in [2.05, 4.69) is 45.6 Å². The summed E-state index contributed by atoms with van der Waals surface area (Å²) in [6.07, 6.45) is 3.28. The first kappa shape index (κ1) is 18.1. The highest BCUT2D eigenvalue weighted by atomic mass is 16.4. The molecule has 1 aliphatic carbocycles. The maximum atomic E-state index is 11.1. The van der Waals surface area contributed by atoms with Gasteiger partial charge in [-0.2, -0.15) is 0 Å². The second-order valence-corrected chi connectivity index (χ2v) is 9.01. The molecule has 1 atom stereocenters. The summed E-state index contributed by atoms with van der Waals surface area (Å²) in [4.78, 5) is 13.7. The van der Waals surface area contributed by atoms with Crippen molar-refractivity contribution in [1.29, 1.82) is 0 Å². The SMILES string of the molecule is CCN1c2c(C)c(Cc3ccc(C(=O)O)cc3)cc3c2C1(C)CCC3(C)C. The lowest BCUT2D eigenvalue weighted by Crippen LogP contribution is -2.57.